The molecule has 9 aromatic carbocycles. The molecule has 0 spiro atoms. The third-order valence-corrected chi connectivity index (χ3v) is 11.6. The lowest BCUT2D eigenvalue weighted by Crippen LogP contribution is -2.15. The van der Waals surface area contributed by atoms with E-state index in [1.54, 1.807) is 0 Å². The molecule has 0 heterocycles. The molecule has 0 radical (unpaired) electrons. The predicted octanol–water partition coefficient (Wildman–Crippen LogP) is 13.6. The van der Waals surface area contributed by atoms with E-state index in [1.807, 2.05) is 0 Å². The molecule has 2 aliphatic rings. The fourth-order valence-electron chi connectivity index (χ4n) is 9.24. The SMILES string of the molecule is CC1(C)c2cc(-c3cc4ccccc4c4ccccc34)ccc2-c2ccc(-c3ccc4c5c(cc6ccccc6c35)-c3ccccc3-4)cc21. The van der Waals surface area contributed by atoms with Gasteiger partial charge in [-0.15, -0.1) is 0 Å². The van der Waals surface area contributed by atoms with E-state index in [4.69, 9.17) is 0 Å². The Morgan fingerprint density at radius 1 is 0.306 bits per heavy atom. The molecule has 2 aliphatic carbocycles. The Morgan fingerprint density at radius 3 is 1.51 bits per heavy atom. The average Bonchev–Trinajstić information content (AvgIpc) is 3.59. The first-order valence-corrected chi connectivity index (χ1v) is 17.4. The van der Waals surface area contributed by atoms with Gasteiger partial charge in [-0.05, 0) is 134 Å². The maximum absolute atomic E-state index is 2.49. The predicted molar refractivity (Wildman–Crippen MR) is 209 cm³/mol. The average molecular weight is 621 g/mol. The number of hydrogen-bond acceptors (Lipinski definition) is 0. The van der Waals surface area contributed by atoms with Crippen LogP contribution in [0.1, 0.15) is 25.0 Å². The van der Waals surface area contributed by atoms with Gasteiger partial charge in [0.05, 0.1) is 0 Å². The molecule has 0 nitrogen and oxygen atoms in total. The van der Waals surface area contributed by atoms with Gasteiger partial charge < -0.3 is 0 Å². The van der Waals surface area contributed by atoms with Gasteiger partial charge in [0.15, 0.2) is 0 Å². The molecule has 0 saturated heterocycles. The highest BCUT2D eigenvalue weighted by Crippen LogP contribution is 2.54. The second-order valence-corrected chi connectivity index (χ2v) is 14.4. The second-order valence-electron chi connectivity index (χ2n) is 14.4. The molecule has 0 heteroatoms. The molecule has 9 aromatic rings. The van der Waals surface area contributed by atoms with E-state index in [0.29, 0.717) is 0 Å². The molecule has 11 rings (SSSR count). The van der Waals surface area contributed by atoms with E-state index in [9.17, 15) is 0 Å². The summed E-state index contributed by atoms with van der Waals surface area (Å²) in [6.07, 6.45) is 0. The van der Waals surface area contributed by atoms with Crippen LogP contribution >= 0.6 is 0 Å². The molecule has 49 heavy (non-hydrogen) atoms. The summed E-state index contributed by atoms with van der Waals surface area (Å²) in [4.78, 5) is 0. The number of fused-ring (bicyclic) bond motifs is 11. The van der Waals surface area contributed by atoms with Crippen molar-refractivity contribution in [2.45, 2.75) is 19.3 Å². The molecule has 0 saturated carbocycles. The van der Waals surface area contributed by atoms with Crippen molar-refractivity contribution >= 4 is 43.1 Å². The van der Waals surface area contributed by atoms with E-state index in [0.717, 1.165) is 0 Å². The lowest BCUT2D eigenvalue weighted by Gasteiger charge is -2.23. The van der Waals surface area contributed by atoms with Crippen molar-refractivity contribution in [2.75, 3.05) is 0 Å². The van der Waals surface area contributed by atoms with Crippen LogP contribution in [0.2, 0.25) is 0 Å². The fraction of sp³-hybridized carbons (Fsp3) is 0.0612. The first kappa shape index (κ1) is 27.0. The summed E-state index contributed by atoms with van der Waals surface area (Å²) in [5.41, 5.74) is 15.9. The van der Waals surface area contributed by atoms with Crippen molar-refractivity contribution in [1.82, 2.24) is 0 Å². The summed E-state index contributed by atoms with van der Waals surface area (Å²) in [6, 6.07) is 59.3. The summed E-state index contributed by atoms with van der Waals surface area (Å²) in [6.45, 7) is 4.81. The van der Waals surface area contributed by atoms with Crippen LogP contribution in [-0.2, 0) is 5.41 Å². The van der Waals surface area contributed by atoms with Gasteiger partial charge in [0.25, 0.3) is 0 Å². The van der Waals surface area contributed by atoms with Gasteiger partial charge in [-0.25, -0.2) is 0 Å². The van der Waals surface area contributed by atoms with Crippen LogP contribution in [0.5, 0.6) is 0 Å². The molecule has 0 fully saturated rings. The van der Waals surface area contributed by atoms with Crippen molar-refractivity contribution in [3.05, 3.63) is 169 Å². The van der Waals surface area contributed by atoms with Crippen LogP contribution in [0.4, 0.5) is 0 Å². The molecule has 0 unspecified atom stereocenters. The summed E-state index contributed by atoms with van der Waals surface area (Å²) >= 11 is 0. The minimum absolute atomic E-state index is 0.142. The Labute approximate surface area is 285 Å². The second kappa shape index (κ2) is 9.56. The molecule has 0 bridgehead atoms. The van der Waals surface area contributed by atoms with Gasteiger partial charge in [0, 0.05) is 5.41 Å². The molecular weight excluding hydrogens is 589 g/mol. The molecular formula is C49H32. The quantitative estimate of drug-likeness (QED) is 0.169. The topological polar surface area (TPSA) is 0 Å². The van der Waals surface area contributed by atoms with E-state index < -0.39 is 0 Å². The standard InChI is InChI=1S/C49H32/c1-49(2)45-27-31(35-23-24-42-37-16-8-10-18-39(37)44-26-30-12-4-6-14-34(30)47(35)48(42)44)19-21-40(45)41-22-20-32(28-46(41)49)43-25-29-11-3-5-13-33(29)36-15-7-9-17-38(36)43/h3-28H,1-2H3. The van der Waals surface area contributed by atoms with E-state index in [1.165, 1.54) is 110 Å². The lowest BCUT2D eigenvalue weighted by molar-refractivity contribution is 0.661. The molecule has 228 valence electrons. The van der Waals surface area contributed by atoms with E-state index in [-0.39, 0.29) is 5.41 Å². The van der Waals surface area contributed by atoms with Gasteiger partial charge in [-0.2, -0.15) is 0 Å². The molecule has 0 atom stereocenters. The highest BCUT2D eigenvalue weighted by Gasteiger charge is 2.36. The lowest BCUT2D eigenvalue weighted by atomic mass is 9.80. The highest BCUT2D eigenvalue weighted by molar-refractivity contribution is 6.27. The molecule has 0 N–H and O–H groups in total. The largest absolute Gasteiger partial charge is 0.0616 e. The Hall–Kier alpha value is -5.98. The van der Waals surface area contributed by atoms with Crippen LogP contribution in [0, 0.1) is 0 Å². The van der Waals surface area contributed by atoms with Crippen molar-refractivity contribution < 1.29 is 0 Å². The van der Waals surface area contributed by atoms with Gasteiger partial charge >= 0.3 is 0 Å². The number of rotatable bonds is 2. The normalized spacial score (nSPS) is 13.7. The third kappa shape index (κ3) is 3.58. The Morgan fingerprint density at radius 2 is 0.796 bits per heavy atom. The Bertz CT molecular complexity index is 2900. The monoisotopic (exact) mass is 620 g/mol. The van der Waals surface area contributed by atoms with E-state index in [2.05, 4.69) is 172 Å². The summed E-state index contributed by atoms with van der Waals surface area (Å²) in [5, 5.41) is 10.6. The zero-order chi connectivity index (χ0) is 32.4. The number of benzene rings is 9. The van der Waals surface area contributed by atoms with Crippen molar-refractivity contribution in [1.29, 1.82) is 0 Å². The minimum Gasteiger partial charge on any atom is -0.0616 e. The Balaban J connectivity index is 1.10. The number of hydrogen-bond donors (Lipinski definition) is 0. The van der Waals surface area contributed by atoms with Gasteiger partial charge in [0.2, 0.25) is 0 Å². The molecule has 0 amide bonds. The first-order valence-electron chi connectivity index (χ1n) is 17.4. The fourth-order valence-corrected chi connectivity index (χ4v) is 9.24. The van der Waals surface area contributed by atoms with Crippen LogP contribution in [0.3, 0.4) is 0 Å². The van der Waals surface area contributed by atoms with Crippen LogP contribution in [0.15, 0.2) is 158 Å². The third-order valence-electron chi connectivity index (χ3n) is 11.6. The summed E-state index contributed by atoms with van der Waals surface area (Å²) in [5.74, 6) is 0. The van der Waals surface area contributed by atoms with Gasteiger partial charge in [-0.3, -0.25) is 0 Å². The zero-order valence-corrected chi connectivity index (χ0v) is 27.5. The molecule has 0 aliphatic heterocycles. The zero-order valence-electron chi connectivity index (χ0n) is 27.5. The van der Waals surface area contributed by atoms with Gasteiger partial charge in [-0.1, -0.05) is 147 Å². The van der Waals surface area contributed by atoms with Crippen LogP contribution in [-0.4, -0.2) is 0 Å². The smallest absolute Gasteiger partial charge is 0.0159 e. The summed E-state index contributed by atoms with van der Waals surface area (Å²) in [7, 11) is 0. The van der Waals surface area contributed by atoms with Crippen molar-refractivity contribution in [2.24, 2.45) is 0 Å². The summed E-state index contributed by atoms with van der Waals surface area (Å²) < 4.78 is 0. The minimum atomic E-state index is -0.142. The van der Waals surface area contributed by atoms with Gasteiger partial charge in [0.1, 0.15) is 0 Å². The van der Waals surface area contributed by atoms with Crippen LogP contribution < -0.4 is 0 Å². The van der Waals surface area contributed by atoms with Crippen LogP contribution in [0.25, 0.3) is 98.7 Å². The van der Waals surface area contributed by atoms with Crippen molar-refractivity contribution in [3.8, 4) is 55.6 Å². The highest BCUT2D eigenvalue weighted by atomic mass is 14.4. The Kier molecular flexibility index (Phi) is 5.27. The first-order chi connectivity index (χ1) is 24.1. The maximum atomic E-state index is 2.49. The van der Waals surface area contributed by atoms with Crippen molar-refractivity contribution in [3.63, 3.8) is 0 Å². The maximum Gasteiger partial charge on any atom is 0.0159 e. The van der Waals surface area contributed by atoms with E-state index >= 15 is 0 Å². The molecule has 0 aromatic heterocycles.